The first-order valence-corrected chi connectivity index (χ1v) is 14.5. The Hall–Kier alpha value is -3.27. The molecule has 11 heteroatoms. The smallest absolute Gasteiger partial charge is 0.264 e. The third-order valence-electron chi connectivity index (χ3n) is 6.00. The fraction of sp³-hybridized carbons (Fsp3) is 0.286. The Morgan fingerprint density at radius 1 is 0.974 bits per heavy atom. The Morgan fingerprint density at radius 3 is 2.23 bits per heavy atom. The zero-order valence-electron chi connectivity index (χ0n) is 21.9. The Morgan fingerprint density at radius 2 is 1.64 bits per heavy atom. The first kappa shape index (κ1) is 30.3. The van der Waals surface area contributed by atoms with Crippen LogP contribution >= 0.6 is 23.2 Å². The van der Waals surface area contributed by atoms with Gasteiger partial charge in [-0.25, -0.2) is 8.42 Å². The van der Waals surface area contributed by atoms with Crippen LogP contribution in [0.2, 0.25) is 10.0 Å². The molecule has 2 amide bonds. The van der Waals surface area contributed by atoms with Crippen molar-refractivity contribution in [2.45, 2.75) is 37.8 Å². The number of amides is 2. The van der Waals surface area contributed by atoms with Crippen molar-refractivity contribution >= 4 is 50.7 Å². The largest absolute Gasteiger partial charge is 0.497 e. The predicted octanol–water partition coefficient (Wildman–Crippen LogP) is 5.14. The summed E-state index contributed by atoms with van der Waals surface area (Å²) in [5, 5.41) is 3.70. The molecule has 0 radical (unpaired) electrons. The van der Waals surface area contributed by atoms with Crippen LogP contribution in [0.5, 0.6) is 5.75 Å². The third-order valence-corrected chi connectivity index (χ3v) is 8.27. The lowest BCUT2D eigenvalue weighted by molar-refractivity contribution is -0.139. The quantitative estimate of drug-likeness (QED) is 0.314. The van der Waals surface area contributed by atoms with Crippen LogP contribution in [0.1, 0.15) is 25.8 Å². The normalized spacial score (nSPS) is 11.9. The van der Waals surface area contributed by atoms with Crippen LogP contribution in [-0.2, 0) is 26.2 Å². The molecule has 3 aromatic rings. The van der Waals surface area contributed by atoms with Gasteiger partial charge in [0.15, 0.2) is 0 Å². The van der Waals surface area contributed by atoms with Gasteiger partial charge in [-0.3, -0.25) is 13.9 Å². The molecule has 1 atom stereocenters. The van der Waals surface area contributed by atoms with Crippen molar-refractivity contribution in [2.75, 3.05) is 24.5 Å². The molecule has 3 rings (SSSR count). The summed E-state index contributed by atoms with van der Waals surface area (Å²) in [4.78, 5) is 28.1. The molecule has 0 fully saturated rings. The van der Waals surface area contributed by atoms with Crippen molar-refractivity contribution in [1.82, 2.24) is 10.2 Å². The zero-order chi connectivity index (χ0) is 28.6. The minimum absolute atomic E-state index is 0.0267. The first-order valence-electron chi connectivity index (χ1n) is 12.3. The van der Waals surface area contributed by atoms with Crippen molar-refractivity contribution in [2.24, 2.45) is 0 Å². The SMILES string of the molecule is CCCNC(=O)[C@H](C)N(Cc1cccc(Cl)c1)C(=O)CN(c1ccc(Cl)cc1)S(=O)(=O)c1ccc(OC)cc1. The second-order valence-corrected chi connectivity index (χ2v) is 11.5. The van der Waals surface area contributed by atoms with Crippen molar-refractivity contribution < 1.29 is 22.7 Å². The molecule has 1 N–H and O–H groups in total. The molecule has 0 aromatic heterocycles. The number of benzene rings is 3. The van der Waals surface area contributed by atoms with Crippen LogP contribution in [0.4, 0.5) is 5.69 Å². The summed E-state index contributed by atoms with van der Waals surface area (Å²) in [6, 6.07) is 18.1. The molecule has 39 heavy (non-hydrogen) atoms. The van der Waals surface area contributed by atoms with Crippen LogP contribution in [0.3, 0.4) is 0 Å². The molecular weight excluding hydrogens is 561 g/mol. The number of halogens is 2. The lowest BCUT2D eigenvalue weighted by atomic mass is 10.1. The molecule has 0 heterocycles. The van der Waals surface area contributed by atoms with E-state index in [1.54, 1.807) is 43.3 Å². The van der Waals surface area contributed by atoms with Gasteiger partial charge in [-0.15, -0.1) is 0 Å². The highest BCUT2D eigenvalue weighted by molar-refractivity contribution is 7.92. The number of rotatable bonds is 12. The van der Waals surface area contributed by atoms with E-state index in [-0.39, 0.29) is 23.0 Å². The van der Waals surface area contributed by atoms with Gasteiger partial charge in [0, 0.05) is 23.1 Å². The summed E-state index contributed by atoms with van der Waals surface area (Å²) in [5.74, 6) is -0.424. The molecule has 0 aliphatic carbocycles. The van der Waals surface area contributed by atoms with Crippen LogP contribution in [0.15, 0.2) is 77.7 Å². The van der Waals surface area contributed by atoms with E-state index in [0.29, 0.717) is 27.9 Å². The van der Waals surface area contributed by atoms with Gasteiger partial charge < -0.3 is 15.0 Å². The molecule has 208 valence electrons. The standard InChI is InChI=1S/C28H31Cl2N3O5S/c1-4-16-31-28(35)20(2)32(18-21-6-5-7-23(30)17-21)27(34)19-33(24-10-8-22(29)9-11-24)39(36,37)26-14-12-25(38-3)13-15-26/h5-15,17,20H,4,16,18-19H2,1-3H3,(H,31,35)/t20-/m0/s1. The Balaban J connectivity index is 2.01. The first-order chi connectivity index (χ1) is 18.6. The summed E-state index contributed by atoms with van der Waals surface area (Å²) in [6.45, 7) is 3.48. The van der Waals surface area contributed by atoms with Gasteiger partial charge in [0.25, 0.3) is 10.0 Å². The molecule has 0 unspecified atom stereocenters. The second-order valence-electron chi connectivity index (χ2n) is 8.78. The minimum atomic E-state index is -4.19. The maximum Gasteiger partial charge on any atom is 0.264 e. The highest BCUT2D eigenvalue weighted by Crippen LogP contribution is 2.27. The van der Waals surface area contributed by atoms with E-state index in [1.807, 2.05) is 6.92 Å². The molecule has 0 aliphatic heterocycles. The van der Waals surface area contributed by atoms with E-state index in [9.17, 15) is 18.0 Å². The number of ether oxygens (including phenoxy) is 1. The number of sulfonamides is 1. The lowest BCUT2D eigenvalue weighted by Gasteiger charge is -2.32. The summed E-state index contributed by atoms with van der Waals surface area (Å²) in [5.41, 5.74) is 0.941. The maximum absolute atomic E-state index is 13.8. The molecule has 0 saturated carbocycles. The van der Waals surface area contributed by atoms with E-state index < -0.39 is 28.5 Å². The minimum Gasteiger partial charge on any atom is -0.497 e. The number of hydrogen-bond acceptors (Lipinski definition) is 5. The van der Waals surface area contributed by atoms with Gasteiger partial charge in [0.1, 0.15) is 18.3 Å². The van der Waals surface area contributed by atoms with E-state index >= 15 is 0 Å². The van der Waals surface area contributed by atoms with E-state index in [0.717, 1.165) is 10.7 Å². The Bertz CT molecular complexity index is 1380. The van der Waals surface area contributed by atoms with Crippen LogP contribution < -0.4 is 14.4 Å². The predicted molar refractivity (Wildman–Crippen MR) is 154 cm³/mol. The highest BCUT2D eigenvalue weighted by atomic mass is 35.5. The summed E-state index contributed by atoms with van der Waals surface area (Å²) < 4.78 is 33.8. The van der Waals surface area contributed by atoms with Crippen LogP contribution in [0.25, 0.3) is 0 Å². The van der Waals surface area contributed by atoms with Gasteiger partial charge in [0.05, 0.1) is 17.7 Å². The van der Waals surface area contributed by atoms with Gasteiger partial charge in [0.2, 0.25) is 11.8 Å². The number of nitrogens with zero attached hydrogens (tertiary/aromatic N) is 2. The average molecular weight is 593 g/mol. The van der Waals surface area contributed by atoms with E-state index in [1.165, 1.54) is 48.4 Å². The number of hydrogen-bond donors (Lipinski definition) is 1. The van der Waals surface area contributed by atoms with Crippen molar-refractivity contribution in [1.29, 1.82) is 0 Å². The number of anilines is 1. The van der Waals surface area contributed by atoms with Crippen molar-refractivity contribution in [3.05, 3.63) is 88.4 Å². The number of carbonyl (C=O) groups excluding carboxylic acids is 2. The maximum atomic E-state index is 13.8. The van der Waals surface area contributed by atoms with Gasteiger partial charge >= 0.3 is 0 Å². The van der Waals surface area contributed by atoms with Gasteiger partial charge in [-0.1, -0.05) is 42.3 Å². The third kappa shape index (κ3) is 7.88. The second kappa shape index (κ2) is 13.7. The highest BCUT2D eigenvalue weighted by Gasteiger charge is 2.32. The topological polar surface area (TPSA) is 96.0 Å². The van der Waals surface area contributed by atoms with E-state index in [2.05, 4.69) is 5.32 Å². The fourth-order valence-electron chi connectivity index (χ4n) is 3.82. The number of carbonyl (C=O) groups is 2. The monoisotopic (exact) mass is 591 g/mol. The van der Waals surface area contributed by atoms with Gasteiger partial charge in [-0.2, -0.15) is 0 Å². The molecule has 0 bridgehead atoms. The van der Waals surface area contributed by atoms with Gasteiger partial charge in [-0.05, 0) is 79.6 Å². The van der Waals surface area contributed by atoms with E-state index in [4.69, 9.17) is 27.9 Å². The van der Waals surface area contributed by atoms with Crippen molar-refractivity contribution in [3.63, 3.8) is 0 Å². The van der Waals surface area contributed by atoms with Crippen LogP contribution in [0, 0.1) is 0 Å². The zero-order valence-corrected chi connectivity index (χ0v) is 24.3. The van der Waals surface area contributed by atoms with Crippen LogP contribution in [-0.4, -0.2) is 51.4 Å². The lowest BCUT2D eigenvalue weighted by Crippen LogP contribution is -2.51. The fourth-order valence-corrected chi connectivity index (χ4v) is 5.57. The molecule has 3 aromatic carbocycles. The number of nitrogens with one attached hydrogen (secondary N) is 1. The molecular formula is C28H31Cl2N3O5S. The number of methoxy groups -OCH3 is 1. The summed E-state index contributed by atoms with van der Waals surface area (Å²) in [6.07, 6.45) is 0.727. The average Bonchev–Trinajstić information content (AvgIpc) is 2.93. The summed E-state index contributed by atoms with van der Waals surface area (Å²) >= 11 is 12.2. The Labute approximate surface area is 239 Å². The molecule has 0 saturated heterocycles. The molecule has 8 nitrogen and oxygen atoms in total. The molecule has 0 aliphatic rings. The molecule has 0 spiro atoms. The summed E-state index contributed by atoms with van der Waals surface area (Å²) in [7, 11) is -2.71. The Kier molecular flexibility index (Phi) is 10.6. The van der Waals surface area contributed by atoms with Crippen molar-refractivity contribution in [3.8, 4) is 5.75 Å².